The van der Waals surface area contributed by atoms with Crippen molar-refractivity contribution in [3.8, 4) is 5.75 Å². The molecule has 1 heterocycles. The first-order valence-electron chi connectivity index (χ1n) is 9.31. The number of nitrogens with zero attached hydrogens (tertiary/aromatic N) is 2. The molecule has 3 rings (SSSR count). The third-order valence-electron chi connectivity index (χ3n) is 4.05. The molecule has 3 aromatic rings. The lowest BCUT2D eigenvalue weighted by Gasteiger charge is -2.10. The molecule has 2 N–H and O–H groups in total. The number of para-hydroxylation sites is 1. The van der Waals surface area contributed by atoms with Gasteiger partial charge in [-0.15, -0.1) is 10.2 Å². The van der Waals surface area contributed by atoms with E-state index in [4.69, 9.17) is 9.47 Å². The van der Waals surface area contributed by atoms with Crippen molar-refractivity contribution in [2.24, 2.45) is 0 Å². The average Bonchev–Trinajstić information content (AvgIpc) is 2.72. The molecule has 0 unspecified atom stereocenters. The summed E-state index contributed by atoms with van der Waals surface area (Å²) in [5.41, 5.74) is 1.66. The topological polar surface area (TPSA) is 106 Å². The quantitative estimate of drug-likeness (QED) is 0.566. The number of nitrogens with one attached hydrogen (secondary N) is 2. The Morgan fingerprint density at radius 1 is 1.03 bits per heavy atom. The van der Waals surface area contributed by atoms with Crippen molar-refractivity contribution >= 4 is 17.6 Å². The second-order valence-electron chi connectivity index (χ2n) is 6.09. The van der Waals surface area contributed by atoms with Crippen LogP contribution in [-0.4, -0.2) is 34.4 Å². The lowest BCUT2D eigenvalue weighted by atomic mass is 10.1. The van der Waals surface area contributed by atoms with Crippen molar-refractivity contribution in [1.82, 2.24) is 15.2 Å². The van der Waals surface area contributed by atoms with Gasteiger partial charge in [-0.1, -0.05) is 24.3 Å². The van der Waals surface area contributed by atoms with Gasteiger partial charge >= 0.3 is 5.97 Å². The smallest absolute Gasteiger partial charge is 0.340 e. The standard InChI is InChI=1S/C21H22N4O4/c1-3-28-15-11-9-14(10-12-15)13-18-19(26)23-21(25-24-18)22-17-8-6-5-7-16(17)20(27)29-4-2/h5-12H,3-4,13H2,1-2H3,(H2,22,23,25,26). The molecule has 150 valence electrons. The van der Waals surface area contributed by atoms with Crippen LogP contribution in [0.15, 0.2) is 53.3 Å². The number of hydrogen-bond acceptors (Lipinski definition) is 7. The number of aromatic nitrogens is 3. The number of H-pyrrole nitrogens is 1. The number of aromatic amines is 1. The predicted octanol–water partition coefficient (Wildman–Crippen LogP) is 3.07. The van der Waals surface area contributed by atoms with E-state index >= 15 is 0 Å². The van der Waals surface area contributed by atoms with Crippen molar-refractivity contribution in [3.05, 3.63) is 75.7 Å². The Morgan fingerprint density at radius 2 is 1.79 bits per heavy atom. The van der Waals surface area contributed by atoms with Crippen molar-refractivity contribution in [1.29, 1.82) is 0 Å². The van der Waals surface area contributed by atoms with Crippen LogP contribution in [0.3, 0.4) is 0 Å². The summed E-state index contributed by atoms with van der Waals surface area (Å²) >= 11 is 0. The lowest BCUT2D eigenvalue weighted by Crippen LogP contribution is -2.19. The highest BCUT2D eigenvalue weighted by Gasteiger charge is 2.13. The molecule has 1 aromatic heterocycles. The van der Waals surface area contributed by atoms with Crippen LogP contribution in [0.4, 0.5) is 11.6 Å². The van der Waals surface area contributed by atoms with Gasteiger partial charge in [-0.2, -0.15) is 0 Å². The minimum absolute atomic E-state index is 0.141. The number of rotatable bonds is 8. The predicted molar refractivity (Wildman–Crippen MR) is 109 cm³/mol. The maximum absolute atomic E-state index is 12.4. The van der Waals surface area contributed by atoms with Crippen molar-refractivity contribution in [2.45, 2.75) is 20.3 Å². The summed E-state index contributed by atoms with van der Waals surface area (Å²) in [4.78, 5) is 27.1. The van der Waals surface area contributed by atoms with Gasteiger partial charge in [-0.3, -0.25) is 9.78 Å². The molecule has 0 radical (unpaired) electrons. The molecule has 0 atom stereocenters. The van der Waals surface area contributed by atoms with Crippen LogP contribution in [0.5, 0.6) is 5.75 Å². The summed E-state index contributed by atoms with van der Waals surface area (Å²) in [6.07, 6.45) is 0.342. The van der Waals surface area contributed by atoms with Gasteiger partial charge in [0.25, 0.3) is 5.56 Å². The molecule has 0 saturated carbocycles. The average molecular weight is 394 g/mol. The second kappa shape index (κ2) is 9.50. The molecule has 8 heteroatoms. The van der Waals surface area contributed by atoms with E-state index < -0.39 is 5.97 Å². The van der Waals surface area contributed by atoms with E-state index in [-0.39, 0.29) is 18.1 Å². The summed E-state index contributed by atoms with van der Waals surface area (Å²) in [7, 11) is 0. The van der Waals surface area contributed by atoms with Crippen molar-refractivity contribution in [2.75, 3.05) is 18.5 Å². The van der Waals surface area contributed by atoms with Gasteiger partial charge in [0.1, 0.15) is 11.4 Å². The second-order valence-corrected chi connectivity index (χ2v) is 6.09. The zero-order chi connectivity index (χ0) is 20.6. The SMILES string of the molecule is CCOC(=O)c1ccccc1Nc1nnc(Cc2ccc(OCC)cc2)c(=O)[nH]1. The third kappa shape index (κ3) is 5.19. The molecule has 2 aromatic carbocycles. The maximum atomic E-state index is 12.4. The minimum atomic E-state index is -0.460. The first kappa shape index (κ1) is 20.1. The highest BCUT2D eigenvalue weighted by molar-refractivity contribution is 5.96. The molecule has 0 fully saturated rings. The van der Waals surface area contributed by atoms with Crippen molar-refractivity contribution in [3.63, 3.8) is 0 Å². The molecule has 29 heavy (non-hydrogen) atoms. The number of ether oxygens (including phenoxy) is 2. The minimum Gasteiger partial charge on any atom is -0.494 e. The lowest BCUT2D eigenvalue weighted by molar-refractivity contribution is 0.0527. The highest BCUT2D eigenvalue weighted by atomic mass is 16.5. The Bertz CT molecular complexity index is 1030. The molecule has 0 saturated heterocycles. The largest absolute Gasteiger partial charge is 0.494 e. The molecular weight excluding hydrogens is 372 g/mol. The van der Waals surface area contributed by atoms with Crippen LogP contribution in [-0.2, 0) is 11.2 Å². The monoisotopic (exact) mass is 394 g/mol. The van der Waals surface area contributed by atoms with Gasteiger partial charge in [-0.25, -0.2) is 4.79 Å². The third-order valence-corrected chi connectivity index (χ3v) is 4.05. The summed E-state index contributed by atoms with van der Waals surface area (Å²) in [6, 6.07) is 14.3. The fraction of sp³-hybridized carbons (Fsp3) is 0.238. The molecule has 0 aliphatic rings. The van der Waals surface area contributed by atoms with Gasteiger partial charge in [0.2, 0.25) is 5.95 Å². The van der Waals surface area contributed by atoms with E-state index in [1.54, 1.807) is 31.2 Å². The first-order valence-corrected chi connectivity index (χ1v) is 9.31. The maximum Gasteiger partial charge on any atom is 0.340 e. The zero-order valence-corrected chi connectivity index (χ0v) is 16.3. The molecule has 0 bridgehead atoms. The number of hydrogen-bond donors (Lipinski definition) is 2. The molecule has 0 aliphatic heterocycles. The molecule has 0 spiro atoms. The number of anilines is 2. The van der Waals surface area contributed by atoms with E-state index in [0.717, 1.165) is 11.3 Å². The normalized spacial score (nSPS) is 10.4. The summed E-state index contributed by atoms with van der Waals surface area (Å²) < 4.78 is 10.5. The molecule has 0 amide bonds. The number of carbonyl (C=O) groups is 1. The van der Waals surface area contributed by atoms with Gasteiger partial charge in [0, 0.05) is 6.42 Å². The highest BCUT2D eigenvalue weighted by Crippen LogP contribution is 2.19. The Kier molecular flexibility index (Phi) is 6.57. The Hall–Kier alpha value is -3.68. The van der Waals surface area contributed by atoms with E-state index in [9.17, 15) is 9.59 Å². The van der Waals surface area contributed by atoms with E-state index in [2.05, 4.69) is 20.5 Å². The summed E-state index contributed by atoms with van der Waals surface area (Å²) in [6.45, 7) is 4.52. The van der Waals surface area contributed by atoms with Crippen LogP contribution in [0.2, 0.25) is 0 Å². The Morgan fingerprint density at radius 3 is 2.48 bits per heavy atom. The fourth-order valence-electron chi connectivity index (χ4n) is 2.70. The van der Waals surface area contributed by atoms with E-state index in [1.807, 2.05) is 31.2 Å². The fourth-order valence-corrected chi connectivity index (χ4v) is 2.70. The molecular formula is C21H22N4O4. The van der Waals surface area contributed by atoms with Crippen LogP contribution < -0.4 is 15.6 Å². The number of esters is 1. The first-order chi connectivity index (χ1) is 14.1. The van der Waals surface area contributed by atoms with Crippen LogP contribution >= 0.6 is 0 Å². The van der Waals surface area contributed by atoms with Gasteiger partial charge in [0.15, 0.2) is 0 Å². The Labute approximate surface area is 167 Å². The number of carbonyl (C=O) groups excluding carboxylic acids is 1. The summed E-state index contributed by atoms with van der Waals surface area (Å²) in [5, 5.41) is 11.0. The van der Waals surface area contributed by atoms with Crippen LogP contribution in [0.25, 0.3) is 0 Å². The van der Waals surface area contributed by atoms with Crippen LogP contribution in [0, 0.1) is 0 Å². The summed E-state index contributed by atoms with van der Waals surface area (Å²) in [5.74, 6) is 0.455. The van der Waals surface area contributed by atoms with Gasteiger partial charge < -0.3 is 14.8 Å². The number of benzene rings is 2. The van der Waals surface area contributed by atoms with Gasteiger partial charge in [0.05, 0.1) is 24.5 Å². The Balaban J connectivity index is 1.75. The van der Waals surface area contributed by atoms with Crippen molar-refractivity contribution < 1.29 is 14.3 Å². The van der Waals surface area contributed by atoms with E-state index in [1.165, 1.54) is 0 Å². The van der Waals surface area contributed by atoms with E-state index in [0.29, 0.717) is 30.0 Å². The zero-order valence-electron chi connectivity index (χ0n) is 16.3. The molecule has 8 nitrogen and oxygen atoms in total. The van der Waals surface area contributed by atoms with Gasteiger partial charge in [-0.05, 0) is 43.7 Å². The molecule has 0 aliphatic carbocycles. The van der Waals surface area contributed by atoms with Crippen LogP contribution in [0.1, 0.15) is 35.5 Å².